The van der Waals surface area contributed by atoms with Crippen LogP contribution in [0.5, 0.6) is 0 Å². The van der Waals surface area contributed by atoms with Gasteiger partial charge in [-0.25, -0.2) is 23.1 Å². The zero-order valence-corrected chi connectivity index (χ0v) is 20.1. The molecular formula is C26H33F3N6. The first kappa shape index (κ1) is 23.9. The molecule has 3 aromatic rings. The van der Waals surface area contributed by atoms with Gasteiger partial charge in [0.2, 0.25) is 12.2 Å². The second-order valence-corrected chi connectivity index (χ2v) is 9.94. The predicted molar refractivity (Wildman–Crippen MR) is 133 cm³/mol. The van der Waals surface area contributed by atoms with Crippen LogP contribution in [0.4, 0.5) is 24.8 Å². The lowest BCUT2D eigenvalue weighted by Crippen LogP contribution is -2.36. The lowest BCUT2D eigenvalue weighted by molar-refractivity contribution is 0.0115. The van der Waals surface area contributed by atoms with Crippen LogP contribution in [0.2, 0.25) is 0 Å². The van der Waals surface area contributed by atoms with Crippen LogP contribution in [-0.4, -0.2) is 52.0 Å². The zero-order chi connectivity index (χ0) is 24.5. The molecule has 188 valence electrons. The number of aromatic nitrogens is 3. The average molecular weight is 487 g/mol. The van der Waals surface area contributed by atoms with E-state index in [9.17, 15) is 8.78 Å². The third-order valence-corrected chi connectivity index (χ3v) is 7.47. The van der Waals surface area contributed by atoms with Gasteiger partial charge in [0.25, 0.3) is 6.43 Å². The van der Waals surface area contributed by atoms with Gasteiger partial charge < -0.3 is 20.5 Å². The Hall–Kier alpha value is -2.81. The Kier molecular flexibility index (Phi) is 6.86. The van der Waals surface area contributed by atoms with E-state index in [2.05, 4.69) is 27.2 Å². The lowest BCUT2D eigenvalue weighted by atomic mass is 9.86. The lowest BCUT2D eigenvalue weighted by Gasteiger charge is -2.30. The molecule has 2 aliphatic rings. The number of rotatable bonds is 6. The maximum absolute atomic E-state index is 15.1. The third kappa shape index (κ3) is 4.96. The van der Waals surface area contributed by atoms with Gasteiger partial charge in [-0.15, -0.1) is 0 Å². The number of halogens is 3. The summed E-state index contributed by atoms with van der Waals surface area (Å²) in [7, 11) is 2.10. The van der Waals surface area contributed by atoms with Crippen LogP contribution < -0.4 is 11.1 Å². The molecule has 0 spiro atoms. The molecule has 1 unspecified atom stereocenters. The minimum Gasteiger partial charge on any atom is -0.382 e. The van der Waals surface area contributed by atoms with Crippen LogP contribution in [0.1, 0.15) is 62.9 Å². The number of fused-ring (bicyclic) bond motifs is 1. The molecule has 0 radical (unpaired) electrons. The first-order valence-electron chi connectivity index (χ1n) is 12.6. The molecule has 3 N–H and O–H groups in total. The Labute approximate surface area is 203 Å². The number of nitrogens with two attached hydrogens (primary N) is 1. The van der Waals surface area contributed by atoms with Gasteiger partial charge in [0.1, 0.15) is 0 Å². The zero-order valence-electron chi connectivity index (χ0n) is 20.1. The predicted octanol–water partition coefficient (Wildman–Crippen LogP) is 5.97. The molecule has 0 amide bonds. The summed E-state index contributed by atoms with van der Waals surface area (Å²) in [5.41, 5.74) is 8.75. The SMILES string of the molecule is CN1CCC(Nc2cccc3c2cc(-c2cc(C4CCCCC4)nc(N)n2)n3C(F)C(F)F)CC1. The Morgan fingerprint density at radius 2 is 1.74 bits per heavy atom. The topological polar surface area (TPSA) is 72.0 Å². The highest BCUT2D eigenvalue weighted by molar-refractivity contribution is 5.96. The van der Waals surface area contributed by atoms with E-state index in [0.29, 0.717) is 16.6 Å². The van der Waals surface area contributed by atoms with Crippen LogP contribution in [0.3, 0.4) is 0 Å². The van der Waals surface area contributed by atoms with Crippen molar-refractivity contribution in [3.8, 4) is 11.4 Å². The fourth-order valence-electron chi connectivity index (χ4n) is 5.55. The highest BCUT2D eigenvalue weighted by Crippen LogP contribution is 2.39. The van der Waals surface area contributed by atoms with Gasteiger partial charge in [-0.2, -0.15) is 0 Å². The summed E-state index contributed by atoms with van der Waals surface area (Å²) < 4.78 is 43.5. The first-order chi connectivity index (χ1) is 16.9. The molecule has 2 fully saturated rings. The van der Waals surface area contributed by atoms with Gasteiger partial charge in [-0.1, -0.05) is 25.3 Å². The average Bonchev–Trinajstić information content (AvgIpc) is 3.25. The van der Waals surface area contributed by atoms with Crippen molar-refractivity contribution in [1.82, 2.24) is 19.4 Å². The maximum atomic E-state index is 15.1. The molecule has 1 atom stereocenters. The quantitative estimate of drug-likeness (QED) is 0.449. The van der Waals surface area contributed by atoms with Crippen molar-refractivity contribution in [3.05, 3.63) is 36.0 Å². The smallest absolute Gasteiger partial charge is 0.288 e. The van der Waals surface area contributed by atoms with E-state index < -0.39 is 12.7 Å². The van der Waals surface area contributed by atoms with E-state index >= 15 is 4.39 Å². The highest BCUT2D eigenvalue weighted by Gasteiger charge is 2.29. The molecule has 35 heavy (non-hydrogen) atoms. The van der Waals surface area contributed by atoms with Crippen LogP contribution in [0.15, 0.2) is 30.3 Å². The van der Waals surface area contributed by atoms with Crippen LogP contribution in [0.25, 0.3) is 22.3 Å². The van der Waals surface area contributed by atoms with Crippen molar-refractivity contribution in [2.24, 2.45) is 0 Å². The van der Waals surface area contributed by atoms with Crippen LogP contribution >= 0.6 is 0 Å². The van der Waals surface area contributed by atoms with Crippen LogP contribution in [0, 0.1) is 0 Å². The normalized spacial score (nSPS) is 19.5. The Morgan fingerprint density at radius 3 is 2.46 bits per heavy atom. The molecule has 3 heterocycles. The van der Waals surface area contributed by atoms with Crippen molar-refractivity contribution in [1.29, 1.82) is 0 Å². The Balaban J connectivity index is 1.59. The monoisotopic (exact) mass is 486 g/mol. The highest BCUT2D eigenvalue weighted by atomic mass is 19.3. The molecule has 1 saturated heterocycles. The largest absolute Gasteiger partial charge is 0.382 e. The number of nitrogen functional groups attached to an aromatic ring is 1. The maximum Gasteiger partial charge on any atom is 0.288 e. The molecule has 1 saturated carbocycles. The van der Waals surface area contributed by atoms with E-state index in [4.69, 9.17) is 5.73 Å². The number of nitrogens with one attached hydrogen (secondary N) is 1. The van der Waals surface area contributed by atoms with Crippen molar-refractivity contribution in [2.75, 3.05) is 31.2 Å². The Morgan fingerprint density at radius 1 is 1.00 bits per heavy atom. The molecule has 1 aliphatic heterocycles. The molecule has 1 aliphatic carbocycles. The van der Waals surface area contributed by atoms with Gasteiger partial charge in [-0.05, 0) is 70.1 Å². The van der Waals surface area contributed by atoms with E-state index in [1.165, 1.54) is 6.42 Å². The van der Waals surface area contributed by atoms with Crippen LogP contribution in [-0.2, 0) is 0 Å². The van der Waals surface area contributed by atoms with Gasteiger partial charge in [0.15, 0.2) is 0 Å². The molecular weight excluding hydrogens is 453 g/mol. The summed E-state index contributed by atoms with van der Waals surface area (Å²) in [4.78, 5) is 11.1. The molecule has 2 aromatic heterocycles. The number of piperidine rings is 1. The molecule has 1 aromatic carbocycles. The molecule has 0 bridgehead atoms. The second kappa shape index (κ2) is 10.0. The number of hydrogen-bond acceptors (Lipinski definition) is 5. The van der Waals surface area contributed by atoms with E-state index in [0.717, 1.165) is 67.6 Å². The minimum atomic E-state index is -3.17. The fourth-order valence-corrected chi connectivity index (χ4v) is 5.55. The van der Waals surface area contributed by atoms with Crippen molar-refractivity contribution >= 4 is 22.5 Å². The summed E-state index contributed by atoms with van der Waals surface area (Å²) >= 11 is 0. The summed E-state index contributed by atoms with van der Waals surface area (Å²) in [5.74, 6) is 0.334. The summed E-state index contributed by atoms with van der Waals surface area (Å²) in [6, 6.07) is 9.21. The van der Waals surface area contributed by atoms with Crippen molar-refractivity contribution < 1.29 is 13.2 Å². The van der Waals surface area contributed by atoms with Gasteiger partial charge in [0.05, 0.1) is 16.9 Å². The number of likely N-dealkylation sites (tertiary alicyclic amines) is 1. The second-order valence-electron chi connectivity index (χ2n) is 9.94. The molecule has 9 heteroatoms. The first-order valence-corrected chi connectivity index (χ1v) is 12.6. The summed E-state index contributed by atoms with van der Waals surface area (Å²) in [6.45, 7) is 1.98. The van der Waals surface area contributed by atoms with E-state index in [1.807, 2.05) is 6.07 Å². The van der Waals surface area contributed by atoms with Gasteiger partial charge in [-0.3, -0.25) is 0 Å². The molecule has 6 nitrogen and oxygen atoms in total. The molecule has 5 rings (SSSR count). The Bertz CT molecular complexity index is 1170. The summed E-state index contributed by atoms with van der Waals surface area (Å²) in [6.07, 6.45) is 1.73. The standard InChI is InChI=1S/C26H33F3N6/c1-34-12-10-17(11-13-34)31-19-8-5-9-22-18(19)14-23(35(22)25(29)24(27)28)21-15-20(32-26(30)33-21)16-6-3-2-4-7-16/h5,8-9,14-17,24-25,31H,2-4,6-7,10-13H2,1H3,(H2,30,32,33). The van der Waals surface area contributed by atoms with E-state index in [-0.39, 0.29) is 23.6 Å². The van der Waals surface area contributed by atoms with E-state index in [1.54, 1.807) is 24.3 Å². The van der Waals surface area contributed by atoms with Gasteiger partial charge >= 0.3 is 0 Å². The third-order valence-electron chi connectivity index (χ3n) is 7.47. The van der Waals surface area contributed by atoms with Crippen molar-refractivity contribution in [2.45, 2.75) is 69.6 Å². The number of nitrogens with zero attached hydrogens (tertiary/aromatic N) is 4. The number of hydrogen-bond donors (Lipinski definition) is 2. The summed E-state index contributed by atoms with van der Waals surface area (Å²) in [5, 5.41) is 4.27. The number of benzene rings is 1. The minimum absolute atomic E-state index is 0.0806. The number of alkyl halides is 3. The number of anilines is 2. The fraction of sp³-hybridized carbons (Fsp3) is 0.538. The van der Waals surface area contributed by atoms with Gasteiger partial charge in [0, 0.05) is 28.7 Å². The van der Waals surface area contributed by atoms with Crippen molar-refractivity contribution in [3.63, 3.8) is 0 Å².